The molecule has 0 saturated heterocycles. The molecule has 1 rings (SSSR count). The summed E-state index contributed by atoms with van der Waals surface area (Å²) in [5.41, 5.74) is 1.35. The largest absolute Gasteiger partial charge is 0.464 e. The van der Waals surface area contributed by atoms with Crippen LogP contribution in [0.3, 0.4) is 0 Å². The Labute approximate surface area is 104 Å². The average molecular weight is 253 g/mol. The predicted molar refractivity (Wildman–Crippen MR) is 68.9 cm³/mol. The summed E-state index contributed by atoms with van der Waals surface area (Å²) < 4.78 is 4.58. The van der Waals surface area contributed by atoms with Gasteiger partial charge in [-0.25, -0.2) is 4.79 Å². The van der Waals surface area contributed by atoms with Crippen LogP contribution in [-0.4, -0.2) is 28.9 Å². The van der Waals surface area contributed by atoms with E-state index in [1.54, 1.807) is 19.2 Å². The van der Waals surface area contributed by atoms with Crippen LogP contribution in [0.15, 0.2) is 18.3 Å². The Morgan fingerprint density at radius 3 is 2.94 bits per heavy atom. The maximum absolute atomic E-state index is 11.2. The molecule has 4 nitrogen and oxygen atoms in total. The summed E-state index contributed by atoms with van der Waals surface area (Å²) in [6.07, 6.45) is 6.44. The topological polar surface area (TPSA) is 59.2 Å². The number of thioether (sulfide) groups is 1. The molecule has 0 radical (unpaired) electrons. The standard InChI is InChI=1S/C12H15NO3S/c1-9(14)17-6-4-3-5-10-7-11(13-8-10)12(15)16-2/h3,5,7-8,13H,4,6H2,1-2H3. The SMILES string of the molecule is COC(=O)c1cc(C=CCCSC(C)=O)c[nH]1. The van der Waals surface area contributed by atoms with Gasteiger partial charge >= 0.3 is 5.97 Å². The van der Waals surface area contributed by atoms with E-state index in [1.807, 2.05) is 12.2 Å². The fourth-order valence-corrected chi connectivity index (χ4v) is 1.77. The van der Waals surface area contributed by atoms with E-state index in [0.717, 1.165) is 17.7 Å². The highest BCUT2D eigenvalue weighted by Gasteiger charge is 2.06. The Morgan fingerprint density at radius 1 is 1.53 bits per heavy atom. The Morgan fingerprint density at radius 2 is 2.29 bits per heavy atom. The number of methoxy groups -OCH3 is 1. The lowest BCUT2D eigenvalue weighted by Gasteiger charge is -1.92. The van der Waals surface area contributed by atoms with Gasteiger partial charge in [0.2, 0.25) is 0 Å². The number of H-pyrrole nitrogens is 1. The lowest BCUT2D eigenvalue weighted by Crippen LogP contribution is -2.00. The predicted octanol–water partition coefficient (Wildman–Crippen LogP) is 2.48. The number of aromatic nitrogens is 1. The Hall–Kier alpha value is -1.49. The number of hydrogen-bond donors (Lipinski definition) is 1. The van der Waals surface area contributed by atoms with E-state index in [1.165, 1.54) is 18.9 Å². The zero-order chi connectivity index (χ0) is 12.7. The van der Waals surface area contributed by atoms with Crippen molar-refractivity contribution in [3.63, 3.8) is 0 Å². The van der Waals surface area contributed by atoms with Crippen molar-refractivity contribution in [3.05, 3.63) is 29.6 Å². The zero-order valence-electron chi connectivity index (χ0n) is 9.86. The third-order valence-corrected chi connectivity index (χ3v) is 2.86. The van der Waals surface area contributed by atoms with Crippen LogP contribution in [-0.2, 0) is 9.53 Å². The molecule has 17 heavy (non-hydrogen) atoms. The van der Waals surface area contributed by atoms with Gasteiger partial charge in [-0.3, -0.25) is 4.79 Å². The molecule has 1 heterocycles. The van der Waals surface area contributed by atoms with Crippen molar-refractivity contribution in [2.24, 2.45) is 0 Å². The number of nitrogens with one attached hydrogen (secondary N) is 1. The zero-order valence-corrected chi connectivity index (χ0v) is 10.7. The molecule has 92 valence electrons. The number of rotatable bonds is 5. The van der Waals surface area contributed by atoms with Crippen molar-refractivity contribution in [3.8, 4) is 0 Å². The molecule has 1 aromatic heterocycles. The summed E-state index contributed by atoms with van der Waals surface area (Å²) in [5, 5.41) is 0.132. The number of esters is 1. The molecule has 0 unspecified atom stereocenters. The van der Waals surface area contributed by atoms with Gasteiger partial charge in [0, 0.05) is 18.9 Å². The van der Waals surface area contributed by atoms with E-state index in [0.29, 0.717) is 5.69 Å². The quantitative estimate of drug-likeness (QED) is 0.647. The summed E-state index contributed by atoms with van der Waals surface area (Å²) >= 11 is 1.31. The molecule has 0 aliphatic rings. The number of ether oxygens (including phenoxy) is 1. The highest BCUT2D eigenvalue weighted by atomic mass is 32.2. The summed E-state index contributed by atoms with van der Waals surface area (Å²) in [6.45, 7) is 1.56. The molecule has 0 bridgehead atoms. The van der Waals surface area contributed by atoms with Gasteiger partial charge in [0.15, 0.2) is 5.12 Å². The van der Waals surface area contributed by atoms with Crippen LogP contribution >= 0.6 is 11.8 Å². The minimum absolute atomic E-state index is 0.132. The second-order valence-corrected chi connectivity index (χ2v) is 4.64. The van der Waals surface area contributed by atoms with Crippen LogP contribution in [0.2, 0.25) is 0 Å². The van der Waals surface area contributed by atoms with Crippen molar-refractivity contribution in [2.75, 3.05) is 12.9 Å². The van der Waals surface area contributed by atoms with Crippen molar-refractivity contribution in [1.29, 1.82) is 0 Å². The molecule has 0 amide bonds. The van der Waals surface area contributed by atoms with Gasteiger partial charge in [-0.15, -0.1) is 0 Å². The van der Waals surface area contributed by atoms with E-state index < -0.39 is 0 Å². The van der Waals surface area contributed by atoms with Crippen molar-refractivity contribution >= 4 is 28.9 Å². The smallest absolute Gasteiger partial charge is 0.354 e. The first-order valence-corrected chi connectivity index (χ1v) is 6.18. The van der Waals surface area contributed by atoms with Crippen LogP contribution in [0.4, 0.5) is 0 Å². The van der Waals surface area contributed by atoms with Gasteiger partial charge in [0.05, 0.1) is 7.11 Å². The molecular weight excluding hydrogens is 238 g/mol. The molecule has 1 N–H and O–H groups in total. The van der Waals surface area contributed by atoms with Crippen LogP contribution < -0.4 is 0 Å². The molecule has 0 saturated carbocycles. The first-order chi connectivity index (χ1) is 8.13. The van der Waals surface area contributed by atoms with Crippen LogP contribution in [0.5, 0.6) is 0 Å². The summed E-state index contributed by atoms with van der Waals surface area (Å²) in [6, 6.07) is 1.72. The summed E-state index contributed by atoms with van der Waals surface area (Å²) in [7, 11) is 1.34. The molecule has 0 aromatic carbocycles. The molecule has 1 aromatic rings. The highest BCUT2D eigenvalue weighted by Crippen LogP contribution is 2.09. The molecule has 0 aliphatic carbocycles. The molecule has 0 atom stereocenters. The van der Waals surface area contributed by atoms with Gasteiger partial charge in [0.25, 0.3) is 0 Å². The van der Waals surface area contributed by atoms with Gasteiger partial charge in [-0.05, 0) is 18.1 Å². The van der Waals surface area contributed by atoms with Crippen molar-refractivity contribution in [2.45, 2.75) is 13.3 Å². The van der Waals surface area contributed by atoms with E-state index in [9.17, 15) is 9.59 Å². The van der Waals surface area contributed by atoms with Gasteiger partial charge in [-0.1, -0.05) is 23.9 Å². The lowest BCUT2D eigenvalue weighted by molar-refractivity contribution is -0.109. The second kappa shape index (κ2) is 6.96. The van der Waals surface area contributed by atoms with Crippen LogP contribution in [0.1, 0.15) is 29.4 Å². The summed E-state index contributed by atoms with van der Waals surface area (Å²) in [5.74, 6) is 0.400. The van der Waals surface area contributed by atoms with E-state index in [4.69, 9.17) is 0 Å². The van der Waals surface area contributed by atoms with E-state index in [-0.39, 0.29) is 11.1 Å². The number of hydrogen-bond acceptors (Lipinski definition) is 4. The first kappa shape index (κ1) is 13.6. The average Bonchev–Trinajstić information content (AvgIpc) is 2.76. The minimum atomic E-state index is -0.378. The fraction of sp³-hybridized carbons (Fsp3) is 0.333. The van der Waals surface area contributed by atoms with Crippen LogP contribution in [0.25, 0.3) is 6.08 Å². The maximum atomic E-state index is 11.2. The Bertz CT molecular complexity index is 423. The third kappa shape index (κ3) is 4.91. The molecule has 0 aliphatic heterocycles. The van der Waals surface area contributed by atoms with Gasteiger partial charge in [-0.2, -0.15) is 0 Å². The lowest BCUT2D eigenvalue weighted by atomic mass is 10.2. The molecular formula is C12H15NO3S. The first-order valence-electron chi connectivity index (χ1n) is 5.20. The number of carbonyl (C=O) groups excluding carboxylic acids is 2. The normalized spacial score (nSPS) is 10.7. The number of allylic oxidation sites excluding steroid dienone is 1. The van der Waals surface area contributed by atoms with Gasteiger partial charge < -0.3 is 9.72 Å². The molecule has 0 fully saturated rings. The second-order valence-electron chi connectivity index (χ2n) is 3.37. The third-order valence-electron chi connectivity index (χ3n) is 2.01. The van der Waals surface area contributed by atoms with Crippen LogP contribution in [0, 0.1) is 0 Å². The highest BCUT2D eigenvalue weighted by molar-refractivity contribution is 8.13. The number of aromatic amines is 1. The van der Waals surface area contributed by atoms with Gasteiger partial charge in [0.1, 0.15) is 5.69 Å². The van der Waals surface area contributed by atoms with Crippen molar-refractivity contribution in [1.82, 2.24) is 4.98 Å². The fourth-order valence-electron chi connectivity index (χ4n) is 1.23. The molecule has 0 spiro atoms. The number of carbonyl (C=O) groups is 2. The van der Waals surface area contributed by atoms with E-state index >= 15 is 0 Å². The Kier molecular flexibility index (Phi) is 5.56. The minimum Gasteiger partial charge on any atom is -0.464 e. The van der Waals surface area contributed by atoms with E-state index in [2.05, 4.69) is 9.72 Å². The molecule has 5 heteroatoms. The van der Waals surface area contributed by atoms with Crippen molar-refractivity contribution < 1.29 is 14.3 Å². The monoisotopic (exact) mass is 253 g/mol. The Balaban J connectivity index is 2.41. The maximum Gasteiger partial charge on any atom is 0.354 e. The summed E-state index contributed by atoms with van der Waals surface area (Å²) in [4.78, 5) is 24.7.